The number of hydrogen-bond donors (Lipinski definition) is 1. The third kappa shape index (κ3) is 7.50. The van der Waals surface area contributed by atoms with Crippen LogP contribution in [0.15, 0.2) is 54.9 Å². The molecule has 0 amide bonds. The summed E-state index contributed by atoms with van der Waals surface area (Å²) in [5.74, 6) is 1.23. The van der Waals surface area contributed by atoms with E-state index in [1.165, 1.54) is 10.9 Å². The number of aromatic nitrogens is 2. The summed E-state index contributed by atoms with van der Waals surface area (Å²) in [4.78, 5) is 22.8. The number of nitrogens with zero attached hydrogens (tertiary/aromatic N) is 3. The normalized spacial score (nSPS) is 18.4. The van der Waals surface area contributed by atoms with Gasteiger partial charge in [-0.05, 0) is 118 Å². The molecule has 6 heteroatoms. The van der Waals surface area contributed by atoms with Gasteiger partial charge >= 0.3 is 5.97 Å². The molecule has 1 N–H and O–H groups in total. The van der Waals surface area contributed by atoms with Gasteiger partial charge in [-0.2, -0.15) is 0 Å². The summed E-state index contributed by atoms with van der Waals surface area (Å²) in [6.07, 6.45) is 12.5. The first kappa shape index (κ1) is 26.1. The zero-order valence-corrected chi connectivity index (χ0v) is 21.4. The molecule has 0 unspecified atom stereocenters. The van der Waals surface area contributed by atoms with Gasteiger partial charge < -0.3 is 14.7 Å². The predicted octanol–water partition coefficient (Wildman–Crippen LogP) is 5.79. The lowest BCUT2D eigenvalue weighted by Gasteiger charge is -2.39. The van der Waals surface area contributed by atoms with Crippen LogP contribution < -0.4 is 4.74 Å². The van der Waals surface area contributed by atoms with Gasteiger partial charge in [0.25, 0.3) is 0 Å². The molecule has 0 radical (unpaired) electrons. The molecule has 6 nitrogen and oxygen atoms in total. The van der Waals surface area contributed by atoms with E-state index in [-0.39, 0.29) is 6.42 Å². The minimum atomic E-state index is -0.682. The monoisotopic (exact) mass is 489 g/mol. The Labute approximate surface area is 214 Å². The van der Waals surface area contributed by atoms with Crippen LogP contribution in [0.3, 0.4) is 0 Å². The molecule has 1 aliphatic rings. The summed E-state index contributed by atoms with van der Waals surface area (Å²) in [6.45, 7) is 3.23. The second-order valence-corrected chi connectivity index (χ2v) is 10.1. The minimum Gasteiger partial charge on any atom is -0.497 e. The highest BCUT2D eigenvalue weighted by molar-refractivity contribution is 5.83. The molecule has 3 heterocycles. The van der Waals surface area contributed by atoms with Crippen molar-refractivity contribution in [2.75, 3.05) is 26.7 Å². The quantitative estimate of drug-likeness (QED) is 0.307. The van der Waals surface area contributed by atoms with Gasteiger partial charge in [0.2, 0.25) is 0 Å². The zero-order chi connectivity index (χ0) is 25.2. The third-order valence-electron chi connectivity index (χ3n) is 7.65. The molecule has 1 aliphatic heterocycles. The number of hydrogen-bond acceptors (Lipinski definition) is 5. The highest BCUT2D eigenvalue weighted by Crippen LogP contribution is 2.32. The Morgan fingerprint density at radius 1 is 1.03 bits per heavy atom. The molecule has 3 aromatic rings. The fourth-order valence-electron chi connectivity index (χ4n) is 5.64. The van der Waals surface area contributed by atoms with Crippen LogP contribution in [0.4, 0.5) is 0 Å². The topological polar surface area (TPSA) is 75.5 Å². The standard InChI is InChI=1S/C30H39N3O3/c1-36-27-12-13-29-28(21-27)24(15-18-32-29)8-6-7-23-16-20-33(22-25(23)11-14-30(34)35)19-5-3-10-26-9-2-4-17-31-26/h2,4,9,12-13,15,17-18,21,23,25H,3,5-8,10-11,14,16,19-20,22H2,1H3,(H,34,35)/t23-,25+/m1/s1. The molecule has 1 saturated heterocycles. The van der Waals surface area contributed by atoms with E-state index in [4.69, 9.17) is 4.74 Å². The molecule has 0 spiro atoms. The fraction of sp³-hybridized carbons (Fsp3) is 0.500. The first-order valence-electron chi connectivity index (χ1n) is 13.4. The Morgan fingerprint density at radius 3 is 2.75 bits per heavy atom. The zero-order valence-electron chi connectivity index (χ0n) is 21.4. The fourth-order valence-corrected chi connectivity index (χ4v) is 5.64. The Kier molecular flexibility index (Phi) is 9.68. The van der Waals surface area contributed by atoms with Crippen LogP contribution in [0, 0.1) is 11.8 Å². The predicted molar refractivity (Wildman–Crippen MR) is 143 cm³/mol. The second kappa shape index (κ2) is 13.4. The van der Waals surface area contributed by atoms with Gasteiger partial charge in [0, 0.05) is 36.4 Å². The lowest BCUT2D eigenvalue weighted by Crippen LogP contribution is -2.41. The number of ether oxygens (including phenoxy) is 1. The van der Waals surface area contributed by atoms with Crippen LogP contribution >= 0.6 is 0 Å². The highest BCUT2D eigenvalue weighted by atomic mass is 16.5. The Bertz CT molecular complexity index is 1110. The summed E-state index contributed by atoms with van der Waals surface area (Å²) in [7, 11) is 1.70. The number of unbranched alkanes of at least 4 members (excludes halogenated alkanes) is 1. The Hall–Kier alpha value is -2.99. The van der Waals surface area contributed by atoms with Crippen molar-refractivity contribution in [2.45, 2.75) is 57.8 Å². The van der Waals surface area contributed by atoms with Gasteiger partial charge in [-0.15, -0.1) is 0 Å². The number of carbonyl (C=O) groups is 1. The summed E-state index contributed by atoms with van der Waals surface area (Å²) < 4.78 is 5.42. The van der Waals surface area contributed by atoms with Crippen LogP contribution in [0.2, 0.25) is 0 Å². The van der Waals surface area contributed by atoms with Crippen molar-refractivity contribution in [2.24, 2.45) is 11.8 Å². The van der Waals surface area contributed by atoms with Crippen LogP contribution in [-0.4, -0.2) is 52.7 Å². The van der Waals surface area contributed by atoms with Crippen LogP contribution in [0.25, 0.3) is 10.9 Å². The number of carboxylic acid groups (broad SMARTS) is 1. The van der Waals surface area contributed by atoms with E-state index in [1.807, 2.05) is 36.7 Å². The van der Waals surface area contributed by atoms with Crippen molar-refractivity contribution >= 4 is 16.9 Å². The van der Waals surface area contributed by atoms with Gasteiger partial charge in [0.05, 0.1) is 12.6 Å². The number of carboxylic acids is 1. The van der Waals surface area contributed by atoms with Gasteiger partial charge in [0.15, 0.2) is 0 Å². The summed E-state index contributed by atoms with van der Waals surface area (Å²) in [5.41, 5.74) is 3.48. The van der Waals surface area contributed by atoms with Crippen molar-refractivity contribution in [1.29, 1.82) is 0 Å². The lowest BCUT2D eigenvalue weighted by atomic mass is 9.79. The molecule has 0 bridgehead atoms. The maximum atomic E-state index is 11.3. The van der Waals surface area contributed by atoms with Crippen LogP contribution in [0.5, 0.6) is 5.75 Å². The van der Waals surface area contributed by atoms with Gasteiger partial charge in [-0.1, -0.05) is 6.07 Å². The highest BCUT2D eigenvalue weighted by Gasteiger charge is 2.29. The second-order valence-electron chi connectivity index (χ2n) is 10.1. The minimum absolute atomic E-state index is 0.267. The van der Waals surface area contributed by atoms with E-state index in [9.17, 15) is 9.90 Å². The van der Waals surface area contributed by atoms with Crippen LogP contribution in [0.1, 0.15) is 56.2 Å². The van der Waals surface area contributed by atoms with E-state index in [0.717, 1.165) is 88.0 Å². The number of methoxy groups -OCH3 is 1. The Balaban J connectivity index is 1.28. The molecule has 36 heavy (non-hydrogen) atoms. The molecule has 2 aromatic heterocycles. The average molecular weight is 490 g/mol. The van der Waals surface area contributed by atoms with Gasteiger partial charge in [-0.25, -0.2) is 0 Å². The molecule has 1 aromatic carbocycles. The number of likely N-dealkylation sites (tertiary alicyclic amines) is 1. The van der Waals surface area contributed by atoms with Crippen molar-refractivity contribution < 1.29 is 14.6 Å². The van der Waals surface area contributed by atoms with E-state index in [2.05, 4.69) is 33.1 Å². The van der Waals surface area contributed by atoms with Gasteiger partial charge in [-0.3, -0.25) is 14.8 Å². The smallest absolute Gasteiger partial charge is 0.303 e. The SMILES string of the molecule is COc1ccc2nccc(CCC[C@@H]3CCN(CCCCc4ccccn4)C[C@@H]3CCC(=O)O)c2c1. The Morgan fingerprint density at radius 2 is 1.94 bits per heavy atom. The van der Waals surface area contributed by atoms with E-state index < -0.39 is 5.97 Å². The molecule has 2 atom stereocenters. The van der Waals surface area contributed by atoms with E-state index in [0.29, 0.717) is 11.8 Å². The summed E-state index contributed by atoms with van der Waals surface area (Å²) >= 11 is 0. The van der Waals surface area contributed by atoms with Crippen molar-refractivity contribution in [3.63, 3.8) is 0 Å². The number of rotatable bonds is 13. The molecule has 0 saturated carbocycles. The molecular formula is C30H39N3O3. The van der Waals surface area contributed by atoms with Crippen LogP contribution in [-0.2, 0) is 17.6 Å². The maximum absolute atomic E-state index is 11.3. The summed E-state index contributed by atoms with van der Waals surface area (Å²) in [5, 5.41) is 10.5. The maximum Gasteiger partial charge on any atom is 0.303 e. The number of aliphatic carboxylic acids is 1. The molecule has 1 fully saturated rings. The lowest BCUT2D eigenvalue weighted by molar-refractivity contribution is -0.137. The summed E-state index contributed by atoms with van der Waals surface area (Å²) in [6, 6.07) is 14.3. The molecular weight excluding hydrogens is 450 g/mol. The third-order valence-corrected chi connectivity index (χ3v) is 7.65. The number of benzene rings is 1. The van der Waals surface area contributed by atoms with Crippen molar-refractivity contribution in [3.05, 3.63) is 66.1 Å². The van der Waals surface area contributed by atoms with Crippen molar-refractivity contribution in [1.82, 2.24) is 14.9 Å². The van der Waals surface area contributed by atoms with Crippen molar-refractivity contribution in [3.8, 4) is 5.75 Å². The average Bonchev–Trinajstić information content (AvgIpc) is 2.91. The van der Waals surface area contributed by atoms with E-state index in [1.54, 1.807) is 7.11 Å². The molecule has 0 aliphatic carbocycles. The first-order chi connectivity index (χ1) is 17.6. The number of pyridine rings is 2. The number of aryl methyl sites for hydroxylation is 2. The molecule has 192 valence electrons. The van der Waals surface area contributed by atoms with Gasteiger partial charge in [0.1, 0.15) is 5.75 Å². The number of fused-ring (bicyclic) bond motifs is 1. The number of piperidine rings is 1. The largest absolute Gasteiger partial charge is 0.497 e. The van der Waals surface area contributed by atoms with E-state index >= 15 is 0 Å². The molecule has 4 rings (SSSR count). The first-order valence-corrected chi connectivity index (χ1v) is 13.4.